The van der Waals surface area contributed by atoms with Crippen LogP contribution in [0.25, 0.3) is 22.1 Å². The van der Waals surface area contributed by atoms with Crippen LogP contribution in [0.1, 0.15) is 32.1 Å². The van der Waals surface area contributed by atoms with Gasteiger partial charge in [0.1, 0.15) is 11.2 Å². The van der Waals surface area contributed by atoms with Gasteiger partial charge in [0.25, 0.3) is 0 Å². The van der Waals surface area contributed by atoms with Crippen molar-refractivity contribution in [3.63, 3.8) is 0 Å². The van der Waals surface area contributed by atoms with E-state index >= 15 is 0 Å². The van der Waals surface area contributed by atoms with Gasteiger partial charge in [-0.3, -0.25) is 4.79 Å². The van der Waals surface area contributed by atoms with Crippen LogP contribution in [-0.2, 0) is 10.3 Å². The summed E-state index contributed by atoms with van der Waals surface area (Å²) in [6.45, 7) is 1.35. The third-order valence-corrected chi connectivity index (χ3v) is 6.97. The average molecular weight is 360 g/mol. The van der Waals surface area contributed by atoms with Gasteiger partial charge in [0.05, 0.1) is 30.0 Å². The van der Waals surface area contributed by atoms with E-state index in [-0.39, 0.29) is 22.8 Å². The molecule has 0 radical (unpaired) electrons. The van der Waals surface area contributed by atoms with Gasteiger partial charge in [-0.15, -0.1) is 0 Å². The lowest BCUT2D eigenvalue weighted by Crippen LogP contribution is -2.68. The molecule has 0 aromatic carbocycles. The van der Waals surface area contributed by atoms with Gasteiger partial charge in [-0.25, -0.2) is 9.97 Å². The summed E-state index contributed by atoms with van der Waals surface area (Å²) in [5, 5.41) is 10.2. The van der Waals surface area contributed by atoms with E-state index in [0.29, 0.717) is 13.0 Å². The molecular weight excluding hydrogens is 340 g/mol. The normalized spacial score (nSPS) is 31.7. The topological polar surface area (TPSA) is 90.6 Å². The van der Waals surface area contributed by atoms with Crippen LogP contribution < -0.4 is 0 Å². The minimum Gasteiger partial charge on any atom is -0.346 e. The molecule has 3 aromatic rings. The highest BCUT2D eigenvalue weighted by Crippen LogP contribution is 2.73. The minimum absolute atomic E-state index is 0.0167. The first-order chi connectivity index (χ1) is 13.1. The van der Waals surface area contributed by atoms with Crippen molar-refractivity contribution >= 4 is 28.0 Å². The number of hydrogen-bond donors (Lipinski definition) is 1. The van der Waals surface area contributed by atoms with Crippen molar-refractivity contribution in [1.29, 1.82) is 5.26 Å². The lowest BCUT2D eigenvalue weighted by atomic mass is 9.38. The Balaban J connectivity index is 1.23. The fourth-order valence-corrected chi connectivity index (χ4v) is 5.77. The molecule has 27 heavy (non-hydrogen) atoms. The van der Waals surface area contributed by atoms with E-state index in [2.05, 4.69) is 31.7 Å². The Labute approximate surface area is 156 Å². The molecule has 1 aliphatic heterocycles. The number of carbonyl (C=O) groups excluding carboxylic acids is 1. The summed E-state index contributed by atoms with van der Waals surface area (Å²) in [4.78, 5) is 26.7. The number of likely N-dealkylation sites (tertiary alicyclic amines) is 1. The Hall–Kier alpha value is -2.88. The molecule has 0 spiro atoms. The first-order valence-electron chi connectivity index (χ1n) is 9.59. The molecule has 7 rings (SSSR count). The summed E-state index contributed by atoms with van der Waals surface area (Å²) >= 11 is 0. The number of nitrogens with zero attached hydrogens (tertiary/aromatic N) is 5. The van der Waals surface area contributed by atoms with Crippen LogP contribution in [-0.4, -0.2) is 43.4 Å². The van der Waals surface area contributed by atoms with Crippen LogP contribution in [0.3, 0.4) is 0 Å². The number of H-pyrrole nitrogens is 1. The lowest BCUT2D eigenvalue weighted by Gasteiger charge is -2.71. The van der Waals surface area contributed by atoms with Crippen molar-refractivity contribution in [3.05, 3.63) is 24.8 Å². The first kappa shape index (κ1) is 15.2. The number of aromatic amines is 1. The number of hydrogen-bond acceptors (Lipinski definition) is 4. The summed E-state index contributed by atoms with van der Waals surface area (Å²) in [5.41, 5.74) is 3.24. The van der Waals surface area contributed by atoms with Crippen molar-refractivity contribution in [2.45, 2.75) is 37.6 Å². The number of amides is 1. The molecule has 4 fully saturated rings. The SMILES string of the molecule is N#CC1CCN(C(=O)CC23CC(n4cnc5cnc6[nH]ccc6c54)(C2)C3)C1. The molecule has 7 nitrogen and oxygen atoms in total. The second kappa shape index (κ2) is 4.89. The Morgan fingerprint density at radius 2 is 2.22 bits per heavy atom. The molecule has 1 atom stereocenters. The minimum atomic E-state index is 0.0167. The highest BCUT2D eigenvalue weighted by atomic mass is 16.2. The van der Waals surface area contributed by atoms with Crippen LogP contribution in [0.2, 0.25) is 0 Å². The molecule has 3 aliphatic carbocycles. The number of fused-ring (bicyclic) bond motifs is 3. The Morgan fingerprint density at radius 3 is 3.00 bits per heavy atom. The Bertz CT molecular complexity index is 1110. The number of imidazole rings is 1. The van der Waals surface area contributed by atoms with Gasteiger partial charge in [0, 0.05) is 36.6 Å². The quantitative estimate of drug-likeness (QED) is 0.777. The monoisotopic (exact) mass is 360 g/mol. The molecule has 1 saturated heterocycles. The highest BCUT2D eigenvalue weighted by molar-refractivity contribution is 6.01. The zero-order valence-electron chi connectivity index (χ0n) is 15.0. The summed E-state index contributed by atoms with van der Waals surface area (Å²) in [6.07, 6.45) is 10.3. The Kier molecular flexibility index (Phi) is 2.75. The number of carbonyl (C=O) groups is 1. The maximum atomic E-state index is 12.7. The largest absolute Gasteiger partial charge is 0.346 e. The van der Waals surface area contributed by atoms with Gasteiger partial charge in [0.15, 0.2) is 0 Å². The van der Waals surface area contributed by atoms with E-state index in [1.165, 1.54) is 0 Å². The second-order valence-corrected chi connectivity index (χ2v) is 8.73. The van der Waals surface area contributed by atoms with Crippen LogP contribution in [0.15, 0.2) is 24.8 Å². The van der Waals surface area contributed by atoms with E-state index < -0.39 is 0 Å². The highest BCUT2D eigenvalue weighted by Gasteiger charge is 2.69. The fraction of sp³-hybridized carbons (Fsp3) is 0.500. The van der Waals surface area contributed by atoms with E-state index in [1.54, 1.807) is 0 Å². The van der Waals surface area contributed by atoms with E-state index in [0.717, 1.165) is 54.3 Å². The van der Waals surface area contributed by atoms with Crippen LogP contribution in [0.4, 0.5) is 0 Å². The molecule has 1 unspecified atom stereocenters. The molecular formula is C20H20N6O. The second-order valence-electron chi connectivity index (χ2n) is 8.73. The number of nitriles is 1. The lowest BCUT2D eigenvalue weighted by molar-refractivity contribution is -0.194. The summed E-state index contributed by atoms with van der Waals surface area (Å²) in [7, 11) is 0. The van der Waals surface area contributed by atoms with Crippen molar-refractivity contribution in [2.24, 2.45) is 11.3 Å². The maximum Gasteiger partial charge on any atom is 0.223 e. The van der Waals surface area contributed by atoms with Gasteiger partial charge >= 0.3 is 0 Å². The number of aromatic nitrogens is 4. The molecule has 3 aromatic heterocycles. The summed E-state index contributed by atoms with van der Waals surface area (Å²) < 4.78 is 2.33. The zero-order chi connectivity index (χ0) is 18.2. The van der Waals surface area contributed by atoms with Gasteiger partial charge in [-0.05, 0) is 37.2 Å². The predicted molar refractivity (Wildman–Crippen MR) is 98.6 cm³/mol. The van der Waals surface area contributed by atoms with Crippen LogP contribution in [0.5, 0.6) is 0 Å². The third-order valence-electron chi connectivity index (χ3n) is 6.97. The first-order valence-corrected chi connectivity index (χ1v) is 9.59. The number of rotatable bonds is 3. The zero-order valence-corrected chi connectivity index (χ0v) is 15.0. The third kappa shape index (κ3) is 1.93. The van der Waals surface area contributed by atoms with Gasteiger partial charge in [-0.1, -0.05) is 0 Å². The molecule has 1 N–H and O–H groups in total. The smallest absolute Gasteiger partial charge is 0.223 e. The van der Waals surface area contributed by atoms with Crippen molar-refractivity contribution in [3.8, 4) is 6.07 Å². The molecule has 1 amide bonds. The molecule has 4 heterocycles. The Morgan fingerprint density at radius 1 is 1.37 bits per heavy atom. The van der Waals surface area contributed by atoms with E-state index in [9.17, 15) is 4.79 Å². The van der Waals surface area contributed by atoms with Crippen molar-refractivity contribution in [2.75, 3.05) is 13.1 Å². The van der Waals surface area contributed by atoms with Crippen molar-refractivity contribution in [1.82, 2.24) is 24.4 Å². The number of nitrogens with one attached hydrogen (secondary N) is 1. The van der Waals surface area contributed by atoms with Gasteiger partial charge < -0.3 is 14.5 Å². The molecule has 7 heteroatoms. The van der Waals surface area contributed by atoms with Crippen LogP contribution >= 0.6 is 0 Å². The maximum absolute atomic E-state index is 12.7. The van der Waals surface area contributed by atoms with Gasteiger partial charge in [0.2, 0.25) is 5.91 Å². The summed E-state index contributed by atoms with van der Waals surface area (Å²) in [6, 6.07) is 4.35. The predicted octanol–water partition coefficient (Wildman–Crippen LogP) is 2.55. The molecule has 3 saturated carbocycles. The number of pyridine rings is 1. The average Bonchev–Trinajstić information content (AvgIpc) is 3.33. The van der Waals surface area contributed by atoms with Crippen LogP contribution in [0, 0.1) is 22.7 Å². The standard InChI is InChI=1S/C20H20N6O/c21-6-13-2-4-25(8-13)16(27)5-19-9-20(10-19,11-19)26-12-24-15-7-23-18-14(17(15)26)1-3-22-18/h1,3,7,12-13H,2,4-5,8-11H2,(H,22,23). The molecule has 4 aliphatic rings. The molecule has 136 valence electrons. The summed E-state index contributed by atoms with van der Waals surface area (Å²) in [5.74, 6) is 0.247. The molecule has 2 bridgehead atoms. The van der Waals surface area contributed by atoms with Gasteiger partial charge in [-0.2, -0.15) is 5.26 Å². The van der Waals surface area contributed by atoms with Crippen molar-refractivity contribution < 1.29 is 4.79 Å². The van der Waals surface area contributed by atoms with E-state index in [1.807, 2.05) is 23.6 Å². The fourth-order valence-electron chi connectivity index (χ4n) is 5.77. The van der Waals surface area contributed by atoms with E-state index in [4.69, 9.17) is 5.26 Å².